The van der Waals surface area contributed by atoms with Crippen LogP contribution in [0.1, 0.15) is 51.4 Å². The first-order valence-corrected chi connectivity index (χ1v) is 16.4. The zero-order chi connectivity index (χ0) is 31.0. The first kappa shape index (κ1) is 32.2. The van der Waals surface area contributed by atoms with E-state index in [1.165, 1.54) is 17.0 Å². The Balaban J connectivity index is 1.51. The molecular weight excluding hydrogens is 572 g/mol. The summed E-state index contributed by atoms with van der Waals surface area (Å²) < 4.78 is 29.5. The predicted molar refractivity (Wildman–Crippen MR) is 163 cm³/mol. The van der Waals surface area contributed by atoms with Gasteiger partial charge in [-0.3, -0.25) is 19.8 Å². The third kappa shape index (κ3) is 9.14. The summed E-state index contributed by atoms with van der Waals surface area (Å²) in [7, 11) is -4.25. The molecule has 43 heavy (non-hydrogen) atoms. The maximum Gasteiger partial charge on any atom is 0.323 e. The molecule has 12 nitrogen and oxygen atoms in total. The van der Waals surface area contributed by atoms with Crippen molar-refractivity contribution in [2.75, 3.05) is 32.7 Å². The van der Waals surface area contributed by atoms with Crippen molar-refractivity contribution in [2.24, 2.45) is 17.6 Å². The van der Waals surface area contributed by atoms with Crippen LogP contribution in [0.5, 0.6) is 0 Å². The number of guanidine groups is 1. The van der Waals surface area contributed by atoms with Crippen molar-refractivity contribution in [3.05, 3.63) is 42.5 Å². The molecule has 6 N–H and O–H groups in total. The van der Waals surface area contributed by atoms with Gasteiger partial charge in [-0.15, -0.1) is 0 Å². The molecule has 0 unspecified atom stereocenters. The lowest BCUT2D eigenvalue weighted by Crippen LogP contribution is -2.53. The van der Waals surface area contributed by atoms with Crippen LogP contribution in [-0.4, -0.2) is 85.8 Å². The molecule has 0 radical (unpaired) electrons. The fraction of sp³-hybridized carbons (Fsp3) is 0.533. The van der Waals surface area contributed by atoms with Gasteiger partial charge in [-0.1, -0.05) is 49.6 Å². The number of benzene rings is 2. The highest BCUT2D eigenvalue weighted by Gasteiger charge is 2.34. The van der Waals surface area contributed by atoms with Gasteiger partial charge in [-0.2, -0.15) is 4.72 Å². The van der Waals surface area contributed by atoms with E-state index in [2.05, 4.69) is 10.0 Å². The minimum Gasteiger partial charge on any atom is -0.480 e. The zero-order valence-electron chi connectivity index (χ0n) is 24.3. The lowest BCUT2D eigenvalue weighted by atomic mass is 9.89. The number of hydrogen-bond acceptors (Lipinski definition) is 6. The van der Waals surface area contributed by atoms with Gasteiger partial charge < -0.3 is 26.0 Å². The van der Waals surface area contributed by atoms with Gasteiger partial charge in [0.15, 0.2) is 5.96 Å². The van der Waals surface area contributed by atoms with Crippen molar-refractivity contribution >= 4 is 44.5 Å². The van der Waals surface area contributed by atoms with E-state index < -0.39 is 46.8 Å². The molecule has 0 bridgehead atoms. The Morgan fingerprint density at radius 1 is 1.00 bits per heavy atom. The highest BCUT2D eigenvalue weighted by molar-refractivity contribution is 7.89. The number of nitrogens with two attached hydrogens (primary N) is 1. The molecule has 1 atom stereocenters. The van der Waals surface area contributed by atoms with Crippen molar-refractivity contribution in [3.63, 3.8) is 0 Å². The molecule has 1 aliphatic heterocycles. The Labute approximate surface area is 252 Å². The Morgan fingerprint density at radius 3 is 2.33 bits per heavy atom. The summed E-state index contributed by atoms with van der Waals surface area (Å²) in [4.78, 5) is 41.6. The first-order chi connectivity index (χ1) is 20.5. The van der Waals surface area contributed by atoms with Gasteiger partial charge in [0.1, 0.15) is 12.6 Å². The second-order valence-electron chi connectivity index (χ2n) is 11.6. The molecule has 1 saturated heterocycles. The highest BCUT2D eigenvalue weighted by atomic mass is 32.2. The first-order valence-electron chi connectivity index (χ1n) is 14.9. The normalized spacial score (nSPS) is 17.3. The van der Waals surface area contributed by atoms with Crippen LogP contribution in [0, 0.1) is 17.2 Å². The van der Waals surface area contributed by atoms with Crippen molar-refractivity contribution in [2.45, 2.75) is 62.3 Å². The van der Waals surface area contributed by atoms with Gasteiger partial charge in [0.05, 0.1) is 11.3 Å². The number of carboxylic acid groups (broad SMARTS) is 1. The number of piperidine rings is 1. The van der Waals surface area contributed by atoms with Gasteiger partial charge in [0.25, 0.3) is 0 Å². The lowest BCUT2D eigenvalue weighted by molar-refractivity contribution is -0.146. The molecule has 2 amide bonds. The standard InChI is InChI=1S/C30H42N6O6S/c31-30(32)35-14-12-21(13-15-35)18-33-27(37)17-26(29(40)36(20-28(38)39)19-22-6-2-1-3-7-22)34-43(41,42)25-11-10-23-8-4-5-9-24(23)16-25/h4-5,8-11,16,21-22,26,34H,1-3,6-7,12-15,17-20H2,(H3,31,32)(H,33,37)(H,38,39)/t26-/m0/s1. The lowest BCUT2D eigenvalue weighted by Gasteiger charge is -2.32. The van der Waals surface area contributed by atoms with E-state index in [-0.39, 0.29) is 29.2 Å². The summed E-state index contributed by atoms with van der Waals surface area (Å²) in [6, 6.07) is 10.4. The van der Waals surface area contributed by atoms with E-state index in [9.17, 15) is 27.9 Å². The molecule has 2 aromatic rings. The second kappa shape index (κ2) is 14.6. The van der Waals surface area contributed by atoms with Gasteiger partial charge in [0.2, 0.25) is 21.8 Å². The van der Waals surface area contributed by atoms with E-state index >= 15 is 0 Å². The molecule has 0 aromatic heterocycles. The minimum absolute atomic E-state index is 0.0154. The maximum atomic E-state index is 13.8. The zero-order valence-corrected chi connectivity index (χ0v) is 25.2. The number of amides is 2. The van der Waals surface area contributed by atoms with Crippen LogP contribution in [0.4, 0.5) is 0 Å². The van der Waals surface area contributed by atoms with Gasteiger partial charge >= 0.3 is 5.97 Å². The van der Waals surface area contributed by atoms with Gasteiger partial charge in [0, 0.05) is 26.2 Å². The minimum atomic E-state index is -4.25. The largest absolute Gasteiger partial charge is 0.480 e. The summed E-state index contributed by atoms with van der Waals surface area (Å²) in [5.41, 5.74) is 5.56. The molecule has 2 aromatic carbocycles. The average molecular weight is 615 g/mol. The summed E-state index contributed by atoms with van der Waals surface area (Å²) in [6.45, 7) is 1.15. The molecule has 1 heterocycles. The smallest absolute Gasteiger partial charge is 0.323 e. The Hall–Kier alpha value is -3.71. The van der Waals surface area contributed by atoms with E-state index in [4.69, 9.17) is 11.1 Å². The van der Waals surface area contributed by atoms with Crippen molar-refractivity contribution < 1.29 is 27.9 Å². The molecule has 1 saturated carbocycles. The summed E-state index contributed by atoms with van der Waals surface area (Å²) in [5.74, 6) is -2.17. The molecule has 13 heteroatoms. The number of sulfonamides is 1. The van der Waals surface area contributed by atoms with Crippen molar-refractivity contribution in [3.8, 4) is 0 Å². The highest BCUT2D eigenvalue weighted by Crippen LogP contribution is 2.25. The van der Waals surface area contributed by atoms with E-state index in [1.807, 2.05) is 12.1 Å². The molecule has 2 aliphatic rings. The Morgan fingerprint density at radius 2 is 1.67 bits per heavy atom. The molecule has 234 valence electrons. The third-order valence-corrected chi connectivity index (χ3v) is 9.87. The number of likely N-dealkylation sites (tertiary alicyclic amines) is 1. The van der Waals surface area contributed by atoms with Crippen LogP contribution in [0.2, 0.25) is 0 Å². The van der Waals surface area contributed by atoms with E-state index in [0.29, 0.717) is 25.0 Å². The van der Waals surface area contributed by atoms with Crippen LogP contribution in [0.25, 0.3) is 10.8 Å². The maximum absolute atomic E-state index is 13.8. The number of carbonyl (C=O) groups is 3. The number of aliphatic carboxylic acids is 1. The van der Waals surface area contributed by atoms with Gasteiger partial charge in [-0.25, -0.2) is 8.42 Å². The molecule has 2 fully saturated rings. The summed E-state index contributed by atoms with van der Waals surface area (Å²) in [6.07, 6.45) is 5.77. The third-order valence-electron chi connectivity index (χ3n) is 8.40. The van der Waals surface area contributed by atoms with Crippen molar-refractivity contribution in [1.82, 2.24) is 19.8 Å². The van der Waals surface area contributed by atoms with Crippen LogP contribution < -0.4 is 15.8 Å². The molecule has 1 aliphatic carbocycles. The van der Waals surface area contributed by atoms with Crippen LogP contribution >= 0.6 is 0 Å². The predicted octanol–water partition coefficient (Wildman–Crippen LogP) is 2.09. The van der Waals surface area contributed by atoms with E-state index in [0.717, 1.165) is 50.3 Å². The quantitative estimate of drug-likeness (QED) is 0.178. The number of nitrogens with one attached hydrogen (secondary N) is 3. The number of carboxylic acids is 1. The van der Waals surface area contributed by atoms with Crippen molar-refractivity contribution in [1.29, 1.82) is 5.41 Å². The number of carbonyl (C=O) groups excluding carboxylic acids is 2. The van der Waals surface area contributed by atoms with Crippen LogP contribution in [0.3, 0.4) is 0 Å². The number of fused-ring (bicyclic) bond motifs is 1. The van der Waals surface area contributed by atoms with Crippen LogP contribution in [0.15, 0.2) is 47.4 Å². The van der Waals surface area contributed by atoms with Crippen LogP contribution in [-0.2, 0) is 24.4 Å². The summed E-state index contributed by atoms with van der Waals surface area (Å²) in [5, 5.41) is 21.5. The van der Waals surface area contributed by atoms with Gasteiger partial charge in [-0.05, 0) is 60.4 Å². The topological polar surface area (TPSA) is 186 Å². The summed E-state index contributed by atoms with van der Waals surface area (Å²) >= 11 is 0. The fourth-order valence-electron chi connectivity index (χ4n) is 5.96. The fourth-order valence-corrected chi connectivity index (χ4v) is 7.18. The number of nitrogens with zero attached hydrogens (tertiary/aromatic N) is 2. The molecule has 4 rings (SSSR count). The average Bonchev–Trinajstić information content (AvgIpc) is 2.99. The monoisotopic (exact) mass is 614 g/mol. The number of rotatable bonds is 12. The number of hydrogen-bond donors (Lipinski definition) is 5. The van der Waals surface area contributed by atoms with E-state index in [1.54, 1.807) is 23.1 Å². The molecule has 0 spiro atoms. The SMILES string of the molecule is N=C(N)N1CCC(CNC(=O)C[C@H](NS(=O)(=O)c2ccc3ccccc3c2)C(=O)N(CC(=O)O)CC2CCCCC2)CC1. The Bertz CT molecular complexity index is 1420. The molecular formula is C30H42N6O6S. The Kier molecular flexibility index (Phi) is 11.0. The second-order valence-corrected chi connectivity index (χ2v) is 13.3.